The standard InChI is InChI=1S/C36H36F7N3O5/c1-20(23-13-24(35(38,39)40)15-25(14-23)36(41,42)43)51-29-18-46-28(31(29)22-9-11-26(37)12-10-22)16-27(17-30(46)47)44-32(48)34(2,3)45-33(49)50-19-21-7-5-4-6-8-21/h4-15,20,27-29,31H,16-19H2,1-3H3,(H,44,48)(H,45,49)/t20-,27?,28+,29+,31?/m1/s1. The molecule has 5 rings (SSSR count). The summed E-state index contributed by atoms with van der Waals surface area (Å²) in [5.74, 6) is -2.23. The molecule has 2 saturated heterocycles. The van der Waals surface area contributed by atoms with Crippen molar-refractivity contribution < 1.29 is 54.6 Å². The normalized spacial score (nSPS) is 21.5. The summed E-state index contributed by atoms with van der Waals surface area (Å²) in [4.78, 5) is 40.8. The van der Waals surface area contributed by atoms with Gasteiger partial charge in [0.1, 0.15) is 18.0 Å². The second-order valence-electron chi connectivity index (χ2n) is 13.3. The van der Waals surface area contributed by atoms with E-state index in [9.17, 15) is 45.1 Å². The molecule has 3 aromatic rings. The summed E-state index contributed by atoms with van der Waals surface area (Å²) in [6, 6.07) is 14.1. The molecule has 15 heteroatoms. The van der Waals surface area contributed by atoms with Crippen LogP contribution >= 0.6 is 0 Å². The van der Waals surface area contributed by atoms with Gasteiger partial charge in [-0.25, -0.2) is 9.18 Å². The number of hydrogen-bond donors (Lipinski definition) is 2. The number of carbonyl (C=O) groups excluding carboxylic acids is 3. The summed E-state index contributed by atoms with van der Waals surface area (Å²) in [6.07, 6.45) is -13.1. The minimum atomic E-state index is -5.06. The first-order valence-electron chi connectivity index (χ1n) is 16.1. The van der Waals surface area contributed by atoms with Crippen molar-refractivity contribution in [1.82, 2.24) is 15.5 Å². The van der Waals surface area contributed by atoms with Gasteiger partial charge < -0.3 is 25.0 Å². The quantitative estimate of drug-likeness (QED) is 0.226. The third kappa shape index (κ3) is 8.99. The summed E-state index contributed by atoms with van der Waals surface area (Å²) in [6.45, 7) is 4.16. The molecule has 5 atom stereocenters. The minimum absolute atomic E-state index is 0.0249. The number of nitrogens with one attached hydrogen (secondary N) is 2. The van der Waals surface area contributed by atoms with E-state index >= 15 is 0 Å². The Morgan fingerprint density at radius 3 is 2.12 bits per heavy atom. The van der Waals surface area contributed by atoms with Crippen molar-refractivity contribution in [2.75, 3.05) is 6.54 Å². The van der Waals surface area contributed by atoms with E-state index in [1.807, 2.05) is 6.07 Å². The molecule has 2 aliphatic heterocycles. The van der Waals surface area contributed by atoms with Crippen LogP contribution < -0.4 is 10.6 Å². The molecule has 51 heavy (non-hydrogen) atoms. The van der Waals surface area contributed by atoms with Gasteiger partial charge >= 0.3 is 18.4 Å². The highest BCUT2D eigenvalue weighted by Gasteiger charge is 2.50. The third-order valence-electron chi connectivity index (χ3n) is 9.10. The summed E-state index contributed by atoms with van der Waals surface area (Å²) in [5.41, 5.74) is -3.54. The number of hydrogen-bond acceptors (Lipinski definition) is 5. The summed E-state index contributed by atoms with van der Waals surface area (Å²) in [7, 11) is 0. The molecule has 2 heterocycles. The third-order valence-corrected chi connectivity index (χ3v) is 9.10. The van der Waals surface area contributed by atoms with Crippen molar-refractivity contribution in [2.45, 2.75) is 88.3 Å². The second kappa shape index (κ2) is 14.5. The Kier molecular flexibility index (Phi) is 10.7. The number of carbonyl (C=O) groups is 3. The Labute approximate surface area is 289 Å². The first kappa shape index (κ1) is 37.6. The Morgan fingerprint density at radius 1 is 0.922 bits per heavy atom. The van der Waals surface area contributed by atoms with E-state index < -0.39 is 77.0 Å². The Bertz CT molecular complexity index is 1700. The molecule has 274 valence electrons. The molecule has 2 unspecified atom stereocenters. The van der Waals surface area contributed by atoms with Crippen LogP contribution in [0.25, 0.3) is 0 Å². The highest BCUT2D eigenvalue weighted by atomic mass is 19.4. The zero-order valence-corrected chi connectivity index (χ0v) is 27.8. The van der Waals surface area contributed by atoms with Crippen molar-refractivity contribution in [3.05, 3.63) is 106 Å². The van der Waals surface area contributed by atoms with Crippen LogP contribution in [0.5, 0.6) is 0 Å². The molecule has 0 radical (unpaired) electrons. The molecule has 3 amide bonds. The molecule has 0 saturated carbocycles. The summed E-state index contributed by atoms with van der Waals surface area (Å²) < 4.78 is 107. The summed E-state index contributed by atoms with van der Waals surface area (Å²) in [5, 5.41) is 5.33. The maximum absolute atomic E-state index is 13.9. The smallest absolute Gasteiger partial charge is 0.416 e. The molecule has 0 aliphatic carbocycles. The van der Waals surface area contributed by atoms with Crippen LogP contribution in [0.1, 0.15) is 73.5 Å². The Balaban J connectivity index is 1.33. The van der Waals surface area contributed by atoms with Crippen molar-refractivity contribution in [1.29, 1.82) is 0 Å². The average Bonchev–Trinajstić information content (AvgIpc) is 3.41. The largest absolute Gasteiger partial charge is 0.445 e. The zero-order chi connectivity index (χ0) is 37.3. The topological polar surface area (TPSA) is 97.0 Å². The van der Waals surface area contributed by atoms with Gasteiger partial charge in [-0.05, 0) is 74.2 Å². The number of alkyl carbamates (subject to hydrolysis) is 1. The highest BCUT2D eigenvalue weighted by molar-refractivity contribution is 5.90. The minimum Gasteiger partial charge on any atom is -0.445 e. The van der Waals surface area contributed by atoms with Gasteiger partial charge in [-0.2, -0.15) is 26.3 Å². The van der Waals surface area contributed by atoms with Gasteiger partial charge in [-0.3, -0.25) is 9.59 Å². The predicted molar refractivity (Wildman–Crippen MR) is 169 cm³/mol. The van der Waals surface area contributed by atoms with Gasteiger partial charge in [-0.1, -0.05) is 42.5 Å². The zero-order valence-electron chi connectivity index (χ0n) is 27.8. The monoisotopic (exact) mass is 723 g/mol. The second-order valence-corrected chi connectivity index (χ2v) is 13.3. The first-order chi connectivity index (χ1) is 23.8. The van der Waals surface area contributed by atoms with Crippen LogP contribution in [0.15, 0.2) is 72.8 Å². The van der Waals surface area contributed by atoms with E-state index in [4.69, 9.17) is 9.47 Å². The van der Waals surface area contributed by atoms with Gasteiger partial charge in [0.25, 0.3) is 0 Å². The molecule has 0 aromatic heterocycles. The average molecular weight is 724 g/mol. The van der Waals surface area contributed by atoms with E-state index in [1.165, 1.54) is 49.9 Å². The fourth-order valence-electron chi connectivity index (χ4n) is 6.50. The van der Waals surface area contributed by atoms with Crippen LogP contribution in [-0.4, -0.2) is 53.1 Å². The van der Waals surface area contributed by atoms with Gasteiger partial charge in [0.05, 0.1) is 23.3 Å². The molecule has 2 N–H and O–H groups in total. The number of alkyl halides is 6. The number of fused-ring (bicyclic) bond motifs is 1. The number of halogens is 7. The summed E-state index contributed by atoms with van der Waals surface area (Å²) >= 11 is 0. The maximum Gasteiger partial charge on any atom is 0.416 e. The fourth-order valence-corrected chi connectivity index (χ4v) is 6.50. The van der Waals surface area contributed by atoms with E-state index in [0.29, 0.717) is 17.7 Å². The van der Waals surface area contributed by atoms with Gasteiger partial charge in [0, 0.05) is 31.0 Å². The number of amides is 3. The van der Waals surface area contributed by atoms with E-state index in [0.717, 1.165) is 5.56 Å². The van der Waals surface area contributed by atoms with Gasteiger partial charge in [0.2, 0.25) is 11.8 Å². The van der Waals surface area contributed by atoms with Crippen molar-refractivity contribution in [2.24, 2.45) is 0 Å². The highest BCUT2D eigenvalue weighted by Crippen LogP contribution is 2.44. The molecule has 2 fully saturated rings. The van der Waals surface area contributed by atoms with E-state index in [1.54, 1.807) is 24.3 Å². The molecular formula is C36H36F7N3O5. The number of rotatable bonds is 9. The molecule has 0 bridgehead atoms. The van der Waals surface area contributed by atoms with Crippen LogP contribution in [0.2, 0.25) is 0 Å². The van der Waals surface area contributed by atoms with E-state index in [2.05, 4.69) is 10.6 Å². The number of piperidine rings is 1. The Morgan fingerprint density at radius 2 is 1.53 bits per heavy atom. The van der Waals surface area contributed by atoms with Gasteiger partial charge in [-0.15, -0.1) is 0 Å². The van der Waals surface area contributed by atoms with Crippen molar-refractivity contribution in [3.63, 3.8) is 0 Å². The fraction of sp³-hybridized carbons (Fsp3) is 0.417. The first-order valence-corrected chi connectivity index (χ1v) is 16.1. The lowest BCUT2D eigenvalue weighted by molar-refractivity contribution is -0.143. The van der Waals surface area contributed by atoms with Crippen LogP contribution in [0, 0.1) is 5.82 Å². The molecular weight excluding hydrogens is 687 g/mol. The maximum atomic E-state index is 13.9. The molecule has 2 aliphatic rings. The molecule has 8 nitrogen and oxygen atoms in total. The molecule has 0 spiro atoms. The van der Waals surface area contributed by atoms with Gasteiger partial charge in [0.15, 0.2) is 0 Å². The SMILES string of the molecule is C[C@@H](O[C@H]1CN2C(=O)CC(NC(=O)C(C)(C)NC(=O)OCc3ccccc3)C[C@H]2C1c1ccc(F)cc1)c1cc(C(F)(F)F)cc(C(F)(F)F)c1. The predicted octanol–water partition coefficient (Wildman–Crippen LogP) is 7.29. The van der Waals surface area contributed by atoms with Crippen LogP contribution in [0.4, 0.5) is 35.5 Å². The van der Waals surface area contributed by atoms with E-state index in [-0.39, 0.29) is 43.5 Å². The van der Waals surface area contributed by atoms with Crippen molar-refractivity contribution >= 4 is 17.9 Å². The Hall–Kier alpha value is -4.66. The lowest BCUT2D eigenvalue weighted by Gasteiger charge is -2.38. The lowest BCUT2D eigenvalue weighted by Crippen LogP contribution is -2.59. The molecule has 3 aromatic carbocycles. The van der Waals surface area contributed by atoms with Crippen LogP contribution in [0.3, 0.4) is 0 Å². The lowest BCUT2D eigenvalue weighted by atomic mass is 9.84. The number of ether oxygens (including phenoxy) is 2. The van der Waals surface area contributed by atoms with Crippen molar-refractivity contribution in [3.8, 4) is 0 Å². The number of nitrogens with zero attached hydrogens (tertiary/aromatic N) is 1. The number of benzene rings is 3. The van der Waals surface area contributed by atoms with Crippen LogP contribution in [-0.2, 0) is 38.0 Å².